The van der Waals surface area contributed by atoms with Crippen molar-refractivity contribution in [2.24, 2.45) is 7.05 Å². The Bertz CT molecular complexity index is 1580. The maximum atomic E-state index is 14.4. The molecule has 4 aromatic heterocycles. The molecular weight excluding hydrogens is 417 g/mol. The van der Waals surface area contributed by atoms with Crippen molar-refractivity contribution in [3.63, 3.8) is 0 Å². The van der Waals surface area contributed by atoms with Crippen molar-refractivity contribution in [1.82, 2.24) is 23.7 Å². The normalized spacial score (nSPS) is 12.1. The minimum atomic E-state index is -3.99. The minimum Gasteiger partial charge on any atom is -0.275 e. The molecule has 5 rings (SSSR count). The molecule has 0 N–H and O–H groups in total. The maximum absolute atomic E-state index is 14.4. The highest BCUT2D eigenvalue weighted by Crippen LogP contribution is 2.35. The van der Waals surface area contributed by atoms with Crippen LogP contribution in [0.2, 0.25) is 0 Å². The van der Waals surface area contributed by atoms with E-state index in [0.717, 1.165) is 21.3 Å². The third-order valence-electron chi connectivity index (χ3n) is 5.38. The molecule has 156 valence electrons. The van der Waals surface area contributed by atoms with Crippen LogP contribution in [0.4, 0.5) is 4.39 Å². The molecule has 0 fully saturated rings. The molecule has 0 radical (unpaired) electrons. The molecule has 0 amide bonds. The van der Waals surface area contributed by atoms with E-state index in [9.17, 15) is 12.8 Å². The molecule has 0 bridgehead atoms. The van der Waals surface area contributed by atoms with Gasteiger partial charge in [0.05, 0.1) is 34.7 Å². The van der Waals surface area contributed by atoms with Crippen LogP contribution in [0.25, 0.3) is 33.2 Å². The van der Waals surface area contributed by atoms with Gasteiger partial charge in [-0.3, -0.25) is 9.67 Å². The molecule has 7 nitrogen and oxygen atoms in total. The monoisotopic (exact) mass is 435 g/mol. The summed E-state index contributed by atoms with van der Waals surface area (Å²) in [7, 11) is -2.20. The predicted molar refractivity (Wildman–Crippen MR) is 116 cm³/mol. The standard InChI is InChI=1S/C22H18FN5O2S/c1-13-4-6-16(7-5-13)31(29,30)28-20-11-24-19(15-9-26-27(3)12-15)8-17(20)21-14(2)18(23)10-25-22(21)28/h4-12H,1-3H3. The van der Waals surface area contributed by atoms with Gasteiger partial charge in [-0.25, -0.2) is 21.8 Å². The first-order valence-electron chi connectivity index (χ1n) is 9.54. The summed E-state index contributed by atoms with van der Waals surface area (Å²) < 4.78 is 44.4. The smallest absolute Gasteiger partial charge is 0.269 e. The number of hydrogen-bond acceptors (Lipinski definition) is 5. The molecule has 0 aliphatic rings. The number of aromatic nitrogens is 5. The number of halogens is 1. The Morgan fingerprint density at radius 1 is 1.00 bits per heavy atom. The van der Waals surface area contributed by atoms with Gasteiger partial charge >= 0.3 is 0 Å². The van der Waals surface area contributed by atoms with Gasteiger partial charge in [0.1, 0.15) is 5.82 Å². The Labute approximate surface area is 177 Å². The van der Waals surface area contributed by atoms with E-state index in [4.69, 9.17) is 0 Å². The van der Waals surface area contributed by atoms with E-state index in [1.807, 2.05) is 13.1 Å². The lowest BCUT2D eigenvalue weighted by molar-refractivity contribution is 0.589. The molecule has 0 saturated heterocycles. The predicted octanol–water partition coefficient (Wildman–Crippen LogP) is 3.98. The Hall–Kier alpha value is -3.59. The number of hydrogen-bond donors (Lipinski definition) is 0. The van der Waals surface area contributed by atoms with E-state index in [0.29, 0.717) is 27.5 Å². The molecule has 1 aromatic carbocycles. The molecule has 4 heterocycles. The van der Waals surface area contributed by atoms with Gasteiger partial charge in [0.15, 0.2) is 5.65 Å². The van der Waals surface area contributed by atoms with Crippen molar-refractivity contribution in [2.45, 2.75) is 18.7 Å². The SMILES string of the molecule is Cc1ccc(S(=O)(=O)n2c3cnc(-c4cnn(C)c4)cc3c3c(C)c(F)cnc32)cc1. The molecule has 31 heavy (non-hydrogen) atoms. The molecule has 0 saturated carbocycles. The van der Waals surface area contributed by atoms with E-state index in [1.165, 1.54) is 6.20 Å². The molecule has 0 spiro atoms. The van der Waals surface area contributed by atoms with Crippen molar-refractivity contribution in [3.05, 3.63) is 72.1 Å². The average Bonchev–Trinajstić information content (AvgIpc) is 3.32. The summed E-state index contributed by atoms with van der Waals surface area (Å²) in [6, 6.07) is 8.33. The highest BCUT2D eigenvalue weighted by atomic mass is 32.2. The topological polar surface area (TPSA) is 82.7 Å². The third-order valence-corrected chi connectivity index (χ3v) is 7.10. The van der Waals surface area contributed by atoms with E-state index in [2.05, 4.69) is 15.1 Å². The summed E-state index contributed by atoms with van der Waals surface area (Å²) in [6.45, 7) is 3.50. The molecular formula is C22H18FN5O2S. The summed E-state index contributed by atoms with van der Waals surface area (Å²) in [5, 5.41) is 5.16. The fourth-order valence-electron chi connectivity index (χ4n) is 3.74. The molecule has 0 unspecified atom stereocenters. The number of rotatable bonds is 3. The number of nitrogens with zero attached hydrogens (tertiary/aromatic N) is 5. The highest BCUT2D eigenvalue weighted by molar-refractivity contribution is 7.90. The first-order chi connectivity index (χ1) is 14.8. The lowest BCUT2D eigenvalue weighted by atomic mass is 10.1. The lowest BCUT2D eigenvalue weighted by Gasteiger charge is -2.09. The van der Waals surface area contributed by atoms with Crippen molar-refractivity contribution >= 4 is 32.0 Å². The second-order valence-electron chi connectivity index (χ2n) is 7.50. The van der Waals surface area contributed by atoms with Crippen LogP contribution in [0.1, 0.15) is 11.1 Å². The van der Waals surface area contributed by atoms with Gasteiger partial charge in [0.25, 0.3) is 10.0 Å². The van der Waals surface area contributed by atoms with Crippen molar-refractivity contribution in [3.8, 4) is 11.3 Å². The van der Waals surface area contributed by atoms with Crippen LogP contribution in [0.15, 0.2) is 60.0 Å². The number of benzene rings is 1. The van der Waals surface area contributed by atoms with Crippen LogP contribution < -0.4 is 0 Å². The van der Waals surface area contributed by atoms with Crippen LogP contribution in [0.3, 0.4) is 0 Å². The Kier molecular flexibility index (Phi) is 4.19. The van der Waals surface area contributed by atoms with Crippen LogP contribution >= 0.6 is 0 Å². The summed E-state index contributed by atoms with van der Waals surface area (Å²) in [4.78, 5) is 8.74. The molecule has 0 atom stereocenters. The van der Waals surface area contributed by atoms with Crippen molar-refractivity contribution in [2.75, 3.05) is 0 Å². The third kappa shape index (κ3) is 2.92. The zero-order valence-corrected chi connectivity index (χ0v) is 17.9. The summed E-state index contributed by atoms with van der Waals surface area (Å²) in [5.41, 5.74) is 3.16. The molecule has 9 heteroatoms. The zero-order chi connectivity index (χ0) is 21.9. The van der Waals surface area contributed by atoms with Crippen molar-refractivity contribution in [1.29, 1.82) is 0 Å². The Morgan fingerprint density at radius 2 is 1.74 bits per heavy atom. The summed E-state index contributed by atoms with van der Waals surface area (Å²) >= 11 is 0. The largest absolute Gasteiger partial charge is 0.275 e. The van der Waals surface area contributed by atoms with Gasteiger partial charge in [-0.2, -0.15) is 5.10 Å². The molecule has 0 aliphatic heterocycles. The van der Waals surface area contributed by atoms with Crippen LogP contribution in [-0.2, 0) is 17.1 Å². The maximum Gasteiger partial charge on any atom is 0.269 e. The van der Waals surface area contributed by atoms with E-state index in [-0.39, 0.29) is 10.5 Å². The fourth-order valence-corrected chi connectivity index (χ4v) is 5.20. The van der Waals surface area contributed by atoms with Gasteiger partial charge < -0.3 is 0 Å². The van der Waals surface area contributed by atoms with Gasteiger partial charge in [0, 0.05) is 29.6 Å². The number of pyridine rings is 2. The number of fused-ring (bicyclic) bond motifs is 3. The second kappa shape index (κ2) is 6.71. The molecule has 0 aliphatic carbocycles. The van der Waals surface area contributed by atoms with Crippen molar-refractivity contribution < 1.29 is 12.8 Å². The lowest BCUT2D eigenvalue weighted by Crippen LogP contribution is -2.13. The van der Waals surface area contributed by atoms with E-state index >= 15 is 0 Å². The zero-order valence-electron chi connectivity index (χ0n) is 17.0. The molecule has 5 aromatic rings. The van der Waals surface area contributed by atoms with Gasteiger partial charge in [-0.15, -0.1) is 0 Å². The minimum absolute atomic E-state index is 0.122. The summed E-state index contributed by atoms with van der Waals surface area (Å²) in [6.07, 6.45) is 6.01. The highest BCUT2D eigenvalue weighted by Gasteiger charge is 2.26. The Balaban J connectivity index is 1.88. The van der Waals surface area contributed by atoms with Crippen LogP contribution in [-0.4, -0.2) is 32.1 Å². The quantitative estimate of drug-likeness (QED) is 0.428. The van der Waals surface area contributed by atoms with Gasteiger partial charge in [-0.05, 0) is 37.6 Å². The number of aryl methyl sites for hydroxylation is 3. The van der Waals surface area contributed by atoms with Crippen LogP contribution in [0, 0.1) is 19.7 Å². The Morgan fingerprint density at radius 3 is 2.42 bits per heavy atom. The van der Waals surface area contributed by atoms with E-state index < -0.39 is 15.8 Å². The second-order valence-corrected chi connectivity index (χ2v) is 9.29. The summed E-state index contributed by atoms with van der Waals surface area (Å²) in [5.74, 6) is -0.501. The average molecular weight is 435 g/mol. The van der Waals surface area contributed by atoms with E-state index in [1.54, 1.807) is 55.2 Å². The first kappa shape index (κ1) is 19.4. The van der Waals surface area contributed by atoms with Gasteiger partial charge in [-0.1, -0.05) is 17.7 Å². The van der Waals surface area contributed by atoms with Crippen LogP contribution in [0.5, 0.6) is 0 Å². The fraction of sp³-hybridized carbons (Fsp3) is 0.136. The van der Waals surface area contributed by atoms with Gasteiger partial charge in [0.2, 0.25) is 0 Å². The first-order valence-corrected chi connectivity index (χ1v) is 11.0.